The lowest BCUT2D eigenvalue weighted by atomic mass is 9.92. The predicted molar refractivity (Wildman–Crippen MR) is 164 cm³/mol. The highest BCUT2D eigenvalue weighted by atomic mass is 32.2. The summed E-state index contributed by atoms with van der Waals surface area (Å²) in [5, 5.41) is 1.29. The van der Waals surface area contributed by atoms with E-state index in [-0.39, 0.29) is 0 Å². The van der Waals surface area contributed by atoms with Gasteiger partial charge in [0.25, 0.3) is 0 Å². The molecule has 0 atom stereocenters. The van der Waals surface area contributed by atoms with Crippen molar-refractivity contribution in [3.8, 4) is 16.8 Å². The molecule has 1 nitrogen and oxygen atoms in total. The first-order valence-electron chi connectivity index (χ1n) is 13.2. The second-order valence-electron chi connectivity index (χ2n) is 9.86. The fourth-order valence-corrected chi connectivity index (χ4v) is 6.81. The van der Waals surface area contributed by atoms with E-state index in [9.17, 15) is 0 Å². The van der Waals surface area contributed by atoms with Gasteiger partial charge in [-0.1, -0.05) is 109 Å². The molecule has 3 aromatic carbocycles. The molecule has 0 fully saturated rings. The highest BCUT2D eigenvalue weighted by Crippen LogP contribution is 2.54. The van der Waals surface area contributed by atoms with Crippen molar-refractivity contribution in [3.05, 3.63) is 143 Å². The second kappa shape index (κ2) is 9.58. The minimum Gasteiger partial charge on any atom is -0.307 e. The number of hydrogen-bond donors (Lipinski definition) is 0. The van der Waals surface area contributed by atoms with Gasteiger partial charge in [-0.05, 0) is 60.2 Å². The maximum atomic E-state index is 3.78. The average molecular weight is 506 g/mol. The number of fused-ring (bicyclic) bond motifs is 5. The summed E-state index contributed by atoms with van der Waals surface area (Å²) in [6.45, 7) is 3.78. The minimum absolute atomic E-state index is 0.999. The van der Waals surface area contributed by atoms with E-state index < -0.39 is 0 Å². The van der Waals surface area contributed by atoms with Gasteiger partial charge in [0.15, 0.2) is 0 Å². The highest BCUT2D eigenvalue weighted by Gasteiger charge is 2.28. The molecule has 0 unspecified atom stereocenters. The molecule has 38 heavy (non-hydrogen) atoms. The lowest BCUT2D eigenvalue weighted by Gasteiger charge is -2.24. The van der Waals surface area contributed by atoms with Crippen molar-refractivity contribution in [2.75, 3.05) is 0 Å². The van der Waals surface area contributed by atoms with Crippen LogP contribution in [0.4, 0.5) is 0 Å². The molecule has 0 saturated heterocycles. The maximum Gasteiger partial charge on any atom is 0.0687 e. The molecule has 0 amide bonds. The van der Waals surface area contributed by atoms with Crippen LogP contribution in [-0.2, 0) is 6.42 Å². The van der Waals surface area contributed by atoms with Gasteiger partial charge in [-0.2, -0.15) is 0 Å². The zero-order valence-electron chi connectivity index (χ0n) is 21.2. The maximum absolute atomic E-state index is 3.78. The molecule has 2 aliphatic carbocycles. The second-order valence-corrected chi connectivity index (χ2v) is 10.9. The Morgan fingerprint density at radius 1 is 0.974 bits per heavy atom. The first-order valence-corrected chi connectivity index (χ1v) is 14.0. The largest absolute Gasteiger partial charge is 0.307 e. The van der Waals surface area contributed by atoms with E-state index in [0.29, 0.717) is 0 Å². The Balaban J connectivity index is 1.35. The number of hydrogen-bond acceptors (Lipinski definition) is 1. The van der Waals surface area contributed by atoms with E-state index in [1.807, 2.05) is 23.9 Å². The predicted octanol–water partition coefficient (Wildman–Crippen LogP) is 9.94. The Bertz CT molecular complexity index is 1810. The molecule has 3 aliphatic rings. The van der Waals surface area contributed by atoms with Gasteiger partial charge in [0.1, 0.15) is 0 Å². The van der Waals surface area contributed by atoms with Gasteiger partial charge in [-0.25, -0.2) is 0 Å². The number of aromatic nitrogens is 1. The first-order chi connectivity index (χ1) is 18.8. The molecule has 1 aliphatic heterocycles. The van der Waals surface area contributed by atoms with E-state index in [4.69, 9.17) is 0 Å². The Labute approximate surface area is 228 Å². The molecule has 0 spiro atoms. The van der Waals surface area contributed by atoms with Crippen LogP contribution in [0.5, 0.6) is 0 Å². The summed E-state index contributed by atoms with van der Waals surface area (Å²) < 4.78 is 2.43. The zero-order chi connectivity index (χ0) is 25.5. The molecular formula is C36H27NS. The van der Waals surface area contributed by atoms with Gasteiger partial charge in [-0.15, -0.1) is 5.73 Å². The molecule has 182 valence electrons. The molecule has 0 radical (unpaired) electrons. The monoisotopic (exact) mass is 505 g/mol. The van der Waals surface area contributed by atoms with Gasteiger partial charge >= 0.3 is 0 Å². The highest BCUT2D eigenvalue weighted by molar-refractivity contribution is 8.10. The summed E-state index contributed by atoms with van der Waals surface area (Å²) in [7, 11) is 0. The third kappa shape index (κ3) is 3.82. The van der Waals surface area contributed by atoms with Gasteiger partial charge < -0.3 is 4.57 Å². The lowest BCUT2D eigenvalue weighted by Crippen LogP contribution is -2.03. The van der Waals surface area contributed by atoms with Crippen molar-refractivity contribution >= 4 is 39.7 Å². The molecule has 7 rings (SSSR count). The topological polar surface area (TPSA) is 4.93 Å². The fourth-order valence-electron chi connectivity index (χ4n) is 5.73. The summed E-state index contributed by atoms with van der Waals surface area (Å²) in [4.78, 5) is 2.65. The zero-order valence-corrected chi connectivity index (χ0v) is 22.0. The van der Waals surface area contributed by atoms with Crippen molar-refractivity contribution < 1.29 is 0 Å². The van der Waals surface area contributed by atoms with Gasteiger partial charge in [-0.3, -0.25) is 0 Å². The molecule has 1 aromatic heterocycles. The number of allylic oxidation sites excluding steroid dienone is 8. The number of benzene rings is 3. The van der Waals surface area contributed by atoms with Crippen LogP contribution in [-0.4, -0.2) is 4.57 Å². The Morgan fingerprint density at radius 3 is 2.82 bits per heavy atom. The van der Waals surface area contributed by atoms with Crippen LogP contribution in [0.1, 0.15) is 35.2 Å². The number of nitrogens with zero attached hydrogens (tertiary/aromatic N) is 1. The molecule has 0 bridgehead atoms. The molecule has 2 heteroatoms. The Hall–Kier alpha value is -4.23. The van der Waals surface area contributed by atoms with Crippen molar-refractivity contribution in [2.24, 2.45) is 0 Å². The van der Waals surface area contributed by atoms with Crippen LogP contribution >= 0.6 is 11.8 Å². The van der Waals surface area contributed by atoms with Gasteiger partial charge in [0.05, 0.1) is 11.2 Å². The van der Waals surface area contributed by atoms with E-state index in [1.165, 1.54) is 65.5 Å². The van der Waals surface area contributed by atoms with E-state index in [1.54, 1.807) is 0 Å². The molecule has 0 saturated carbocycles. The van der Waals surface area contributed by atoms with Gasteiger partial charge in [0.2, 0.25) is 0 Å². The average Bonchev–Trinajstić information content (AvgIpc) is 3.53. The van der Waals surface area contributed by atoms with Crippen molar-refractivity contribution in [3.63, 3.8) is 0 Å². The molecular weight excluding hydrogens is 478 g/mol. The first kappa shape index (κ1) is 22.9. The third-order valence-electron chi connectivity index (χ3n) is 7.53. The van der Waals surface area contributed by atoms with Gasteiger partial charge in [0, 0.05) is 38.1 Å². The van der Waals surface area contributed by atoms with Crippen molar-refractivity contribution in [1.29, 1.82) is 0 Å². The molecule has 4 aromatic rings. The van der Waals surface area contributed by atoms with Crippen LogP contribution in [0.15, 0.2) is 126 Å². The van der Waals surface area contributed by atoms with Crippen LogP contribution < -0.4 is 0 Å². The summed E-state index contributed by atoms with van der Waals surface area (Å²) in [6, 6.07) is 22.4. The quantitative estimate of drug-likeness (QED) is 0.164. The van der Waals surface area contributed by atoms with Crippen molar-refractivity contribution in [1.82, 2.24) is 4.57 Å². The lowest BCUT2D eigenvalue weighted by molar-refractivity contribution is 0.912. The summed E-state index contributed by atoms with van der Waals surface area (Å²) in [6.07, 6.45) is 22.3. The standard InChI is InChI=1S/C36H27NS/c1-2-3-5-20-34-32-22-21-31-30-18-11-19-33(30)37(35(31)36(32)38-34)28-16-10-15-27(24-28)29-17-9-8-14-26(29)23-25-12-6-4-7-13-25/h2-6,8-10,12,14-22,24H,1,7,13,23H2/b5-3-,34-20-. The fraction of sp³-hybridized carbons (Fsp3) is 0.0833. The Kier molecular flexibility index (Phi) is 5.78. The van der Waals surface area contributed by atoms with E-state index in [2.05, 4.69) is 120 Å². The molecule has 2 heterocycles. The third-order valence-corrected chi connectivity index (χ3v) is 8.73. The number of thioether (sulfide) groups is 1. The van der Waals surface area contributed by atoms with Crippen LogP contribution in [0, 0.1) is 0 Å². The summed E-state index contributed by atoms with van der Waals surface area (Å²) in [5.74, 6) is 0. The van der Waals surface area contributed by atoms with Crippen LogP contribution in [0.25, 0.3) is 44.8 Å². The smallest absolute Gasteiger partial charge is 0.0687 e. The van der Waals surface area contributed by atoms with Crippen LogP contribution in [0.2, 0.25) is 0 Å². The molecule has 0 N–H and O–H groups in total. The Morgan fingerprint density at radius 2 is 1.92 bits per heavy atom. The normalized spacial score (nSPS) is 16.2. The van der Waals surface area contributed by atoms with Crippen LogP contribution in [0.3, 0.4) is 0 Å². The SMILES string of the molecule is C=C/C=C\C=C1/Sc2c1ccc1c3c(n(-c4cccc(-c5ccccc5CC5=CC=CCC5)c4)c21)C=C=C3. The minimum atomic E-state index is 0.999. The summed E-state index contributed by atoms with van der Waals surface area (Å²) in [5.41, 5.74) is 15.1. The van der Waals surface area contributed by atoms with E-state index in [0.717, 1.165) is 19.3 Å². The van der Waals surface area contributed by atoms with E-state index >= 15 is 0 Å². The summed E-state index contributed by atoms with van der Waals surface area (Å²) >= 11 is 1.86. The number of rotatable bonds is 6. The van der Waals surface area contributed by atoms with Crippen molar-refractivity contribution in [2.45, 2.75) is 24.2 Å².